The van der Waals surface area contributed by atoms with Gasteiger partial charge in [0.15, 0.2) is 23.0 Å². The molecule has 6 nitrogen and oxygen atoms in total. The number of hydrogen-bond donors (Lipinski definition) is 2. The molecule has 0 fully saturated rings. The molecule has 0 heterocycles. The molecule has 0 bridgehead atoms. The largest absolute Gasteiger partial charge is 0.493 e. The zero-order valence-electron chi connectivity index (χ0n) is 24.7. The van der Waals surface area contributed by atoms with Gasteiger partial charge in [-0.05, 0) is 100 Å². The highest BCUT2D eigenvalue weighted by atomic mass is 35.5. The highest BCUT2D eigenvalue weighted by Gasteiger charge is 2.14. The van der Waals surface area contributed by atoms with Crippen LogP contribution in [0.2, 0.25) is 0 Å². The van der Waals surface area contributed by atoms with Crippen LogP contribution in [-0.4, -0.2) is 54.6 Å². The Balaban J connectivity index is 0.00000722. The van der Waals surface area contributed by atoms with Crippen molar-refractivity contribution >= 4 is 12.4 Å². The summed E-state index contributed by atoms with van der Waals surface area (Å²) in [6.07, 6.45) is 7.55. The van der Waals surface area contributed by atoms with Crippen molar-refractivity contribution in [3.05, 3.63) is 46.5 Å². The molecule has 0 aliphatic carbocycles. The second kappa shape index (κ2) is 19.0. The van der Waals surface area contributed by atoms with E-state index in [4.69, 9.17) is 18.9 Å². The minimum atomic E-state index is 0. The predicted octanol–water partition coefficient (Wildman–Crippen LogP) is 6.04. The maximum absolute atomic E-state index is 5.61. The Morgan fingerprint density at radius 3 is 1.53 bits per heavy atom. The summed E-state index contributed by atoms with van der Waals surface area (Å²) in [5.41, 5.74) is 5.18. The van der Waals surface area contributed by atoms with Crippen molar-refractivity contribution in [1.29, 1.82) is 0 Å². The molecule has 2 aromatic rings. The summed E-state index contributed by atoms with van der Waals surface area (Å²) in [4.78, 5) is 0. The van der Waals surface area contributed by atoms with E-state index < -0.39 is 0 Å². The van der Waals surface area contributed by atoms with E-state index in [0.29, 0.717) is 0 Å². The first-order valence-electron chi connectivity index (χ1n) is 13.9. The molecule has 2 rings (SSSR count). The van der Waals surface area contributed by atoms with Gasteiger partial charge in [0.1, 0.15) is 0 Å². The number of methoxy groups -OCH3 is 4. The minimum absolute atomic E-state index is 0. The Morgan fingerprint density at radius 2 is 1.11 bits per heavy atom. The van der Waals surface area contributed by atoms with Crippen molar-refractivity contribution in [3.63, 3.8) is 0 Å². The SMILES string of the molecule is CCc1c(CCNCCCC(C)CCNCCc2ccc(OC)c(OC)c2CC)ccc(OC)c1OC.Cl. The van der Waals surface area contributed by atoms with Gasteiger partial charge in [-0.1, -0.05) is 32.9 Å². The zero-order chi connectivity index (χ0) is 27.0. The number of nitrogens with one attached hydrogen (secondary N) is 2. The molecule has 0 aliphatic heterocycles. The third-order valence-electron chi connectivity index (χ3n) is 7.20. The van der Waals surface area contributed by atoms with E-state index in [1.807, 2.05) is 12.1 Å². The topological polar surface area (TPSA) is 61.0 Å². The van der Waals surface area contributed by atoms with Crippen molar-refractivity contribution < 1.29 is 18.9 Å². The van der Waals surface area contributed by atoms with E-state index in [1.165, 1.54) is 41.5 Å². The van der Waals surface area contributed by atoms with Gasteiger partial charge in [-0.2, -0.15) is 0 Å². The summed E-state index contributed by atoms with van der Waals surface area (Å²) in [6.45, 7) is 10.8. The second-order valence-electron chi connectivity index (χ2n) is 9.62. The van der Waals surface area contributed by atoms with E-state index in [9.17, 15) is 0 Å². The molecular weight excluding hydrogens is 500 g/mol. The molecule has 1 atom stereocenters. The smallest absolute Gasteiger partial charge is 0.164 e. The maximum Gasteiger partial charge on any atom is 0.164 e. The van der Waals surface area contributed by atoms with Crippen LogP contribution in [0.15, 0.2) is 24.3 Å². The number of hydrogen-bond acceptors (Lipinski definition) is 6. The van der Waals surface area contributed by atoms with Gasteiger partial charge in [0.25, 0.3) is 0 Å². The van der Waals surface area contributed by atoms with Crippen LogP contribution >= 0.6 is 12.4 Å². The fourth-order valence-corrected chi connectivity index (χ4v) is 5.07. The van der Waals surface area contributed by atoms with Gasteiger partial charge in [-0.15, -0.1) is 12.4 Å². The Kier molecular flexibility index (Phi) is 16.9. The van der Waals surface area contributed by atoms with Crippen molar-refractivity contribution in [3.8, 4) is 23.0 Å². The lowest BCUT2D eigenvalue weighted by Crippen LogP contribution is -2.22. The van der Waals surface area contributed by atoms with E-state index in [-0.39, 0.29) is 12.4 Å². The monoisotopic (exact) mass is 550 g/mol. The van der Waals surface area contributed by atoms with Crippen LogP contribution in [0.1, 0.15) is 62.3 Å². The summed E-state index contributed by atoms with van der Waals surface area (Å²) < 4.78 is 22.1. The molecule has 38 heavy (non-hydrogen) atoms. The fraction of sp³-hybridized carbons (Fsp3) is 0.613. The standard InChI is InChI=1S/C31H50N2O4.ClH/c1-8-26-24(12-14-28(34-4)30(26)36-6)17-21-32-19-10-11-23(3)16-20-33-22-18-25-13-15-29(35-5)31(37-7)27(25)9-2;/h12-15,23,32-33H,8-11,16-22H2,1-7H3;1H. The first-order chi connectivity index (χ1) is 18.0. The number of ether oxygens (including phenoxy) is 4. The number of rotatable bonds is 19. The van der Waals surface area contributed by atoms with Crippen LogP contribution in [0.5, 0.6) is 23.0 Å². The maximum atomic E-state index is 5.61. The number of benzene rings is 2. The van der Waals surface area contributed by atoms with Crippen molar-refractivity contribution in [1.82, 2.24) is 10.6 Å². The van der Waals surface area contributed by atoms with Crippen LogP contribution in [0, 0.1) is 5.92 Å². The summed E-state index contributed by atoms with van der Waals surface area (Å²) in [6, 6.07) is 8.37. The molecule has 0 aliphatic rings. The lowest BCUT2D eigenvalue weighted by molar-refractivity contribution is 0.351. The molecule has 0 radical (unpaired) electrons. The van der Waals surface area contributed by atoms with Crippen molar-refractivity contribution in [2.24, 2.45) is 5.92 Å². The Hall–Kier alpha value is -2.15. The first-order valence-corrected chi connectivity index (χ1v) is 13.9. The third-order valence-corrected chi connectivity index (χ3v) is 7.20. The van der Waals surface area contributed by atoms with Gasteiger partial charge in [0.05, 0.1) is 28.4 Å². The minimum Gasteiger partial charge on any atom is -0.493 e. The van der Waals surface area contributed by atoms with E-state index in [0.717, 1.165) is 80.8 Å². The number of halogens is 1. The average Bonchev–Trinajstić information content (AvgIpc) is 2.93. The van der Waals surface area contributed by atoms with Crippen molar-refractivity contribution in [2.45, 2.75) is 65.7 Å². The molecule has 2 aromatic carbocycles. The summed E-state index contributed by atoms with van der Waals surface area (Å²) in [5.74, 6) is 4.09. The zero-order valence-corrected chi connectivity index (χ0v) is 25.5. The molecular formula is C31H51ClN2O4. The molecule has 0 saturated carbocycles. The Bertz CT molecular complexity index is 939. The quantitative estimate of drug-likeness (QED) is 0.208. The first kappa shape index (κ1) is 33.9. The van der Waals surface area contributed by atoms with Crippen LogP contribution in [0.4, 0.5) is 0 Å². The molecule has 0 spiro atoms. The highest BCUT2D eigenvalue weighted by Crippen LogP contribution is 2.35. The van der Waals surface area contributed by atoms with Gasteiger partial charge < -0.3 is 29.6 Å². The van der Waals surface area contributed by atoms with Gasteiger partial charge in [-0.25, -0.2) is 0 Å². The fourth-order valence-electron chi connectivity index (χ4n) is 5.07. The van der Waals surface area contributed by atoms with Crippen LogP contribution < -0.4 is 29.6 Å². The summed E-state index contributed by atoms with van der Waals surface area (Å²) in [5, 5.41) is 7.26. The third kappa shape index (κ3) is 9.87. The molecule has 0 saturated heterocycles. The lowest BCUT2D eigenvalue weighted by atomic mass is 9.99. The normalized spacial score (nSPS) is 11.6. The molecule has 7 heteroatoms. The van der Waals surface area contributed by atoms with Crippen molar-refractivity contribution in [2.75, 3.05) is 54.6 Å². The van der Waals surface area contributed by atoms with E-state index in [2.05, 4.69) is 43.5 Å². The second-order valence-corrected chi connectivity index (χ2v) is 9.62. The highest BCUT2D eigenvalue weighted by molar-refractivity contribution is 5.85. The van der Waals surface area contributed by atoms with Gasteiger partial charge in [0.2, 0.25) is 0 Å². The van der Waals surface area contributed by atoms with E-state index >= 15 is 0 Å². The predicted molar refractivity (Wildman–Crippen MR) is 161 cm³/mol. The van der Waals surface area contributed by atoms with Crippen LogP contribution in [0.3, 0.4) is 0 Å². The molecule has 0 aromatic heterocycles. The van der Waals surface area contributed by atoms with Gasteiger partial charge >= 0.3 is 0 Å². The van der Waals surface area contributed by atoms with Gasteiger partial charge in [-0.3, -0.25) is 0 Å². The average molecular weight is 551 g/mol. The van der Waals surface area contributed by atoms with E-state index in [1.54, 1.807) is 28.4 Å². The summed E-state index contributed by atoms with van der Waals surface area (Å²) >= 11 is 0. The summed E-state index contributed by atoms with van der Waals surface area (Å²) in [7, 11) is 6.82. The van der Waals surface area contributed by atoms with Gasteiger partial charge in [0, 0.05) is 11.1 Å². The van der Waals surface area contributed by atoms with Crippen LogP contribution in [-0.2, 0) is 25.7 Å². The van der Waals surface area contributed by atoms with Crippen LogP contribution in [0.25, 0.3) is 0 Å². The Morgan fingerprint density at radius 1 is 0.632 bits per heavy atom. The molecule has 0 amide bonds. The molecule has 216 valence electrons. The molecule has 1 unspecified atom stereocenters. The lowest BCUT2D eigenvalue weighted by Gasteiger charge is -2.17. The Labute approximate surface area is 237 Å². The molecule has 2 N–H and O–H groups in total.